The Balaban J connectivity index is 2.00. The number of nitrogens with zero attached hydrogens (tertiary/aromatic N) is 3. The van der Waals surface area contributed by atoms with E-state index in [4.69, 9.17) is 29.4 Å². The fraction of sp³-hybridized carbons (Fsp3) is 0.647. The molecule has 1 aliphatic rings. The first-order valence-corrected chi connectivity index (χ1v) is 10.00. The number of aliphatic hydroxyl groups is 1. The van der Waals surface area contributed by atoms with Gasteiger partial charge in [-0.3, -0.25) is 14.2 Å². The Morgan fingerprint density at radius 3 is 2.87 bits per heavy atom. The summed E-state index contributed by atoms with van der Waals surface area (Å²) in [6, 6.07) is 0. The van der Waals surface area contributed by atoms with Gasteiger partial charge in [-0.15, -0.1) is 0 Å². The number of aliphatic hydroxyl groups excluding tert-OH is 1. The van der Waals surface area contributed by atoms with E-state index in [1.807, 2.05) is 0 Å². The molecule has 2 aromatic rings. The van der Waals surface area contributed by atoms with Crippen LogP contribution in [0, 0.1) is 0 Å². The van der Waals surface area contributed by atoms with Crippen molar-refractivity contribution in [2.75, 3.05) is 32.7 Å². The lowest BCUT2D eigenvalue weighted by Crippen LogP contribution is -2.41. The van der Waals surface area contributed by atoms with Crippen LogP contribution in [0.1, 0.15) is 20.1 Å². The smallest absolute Gasteiger partial charge is 0.311 e. The largest absolute Gasteiger partial charge is 0.463 e. The monoisotopic (exact) mass is 444 g/mol. The molecule has 0 saturated carbocycles. The summed E-state index contributed by atoms with van der Waals surface area (Å²) >= 11 is 0.920. The number of nitrogen functional groups attached to an aromatic ring is 1. The van der Waals surface area contributed by atoms with Crippen LogP contribution < -0.4 is 10.6 Å². The molecule has 0 aromatic carbocycles. The third kappa shape index (κ3) is 4.94. The molecule has 1 saturated heterocycles. The minimum atomic E-state index is -1.18. The molecule has 1 unspecified atom stereocenters. The van der Waals surface area contributed by atoms with Crippen molar-refractivity contribution in [1.29, 1.82) is 0 Å². The molecule has 3 heterocycles. The topological polar surface area (TPSA) is 157 Å². The molecule has 5 atom stereocenters. The summed E-state index contributed by atoms with van der Waals surface area (Å²) in [4.78, 5) is 31.7. The highest BCUT2D eigenvalue weighted by Gasteiger charge is 2.49. The van der Waals surface area contributed by atoms with E-state index in [-0.39, 0.29) is 29.7 Å². The number of carbonyl (C=O) groups excluding carboxylic acids is 1. The normalized spacial score (nSPS) is 24.9. The maximum Gasteiger partial charge on any atom is 0.311 e. The number of methoxy groups -OCH3 is 1. The van der Waals surface area contributed by atoms with E-state index < -0.39 is 36.8 Å². The lowest BCUT2D eigenvalue weighted by Gasteiger charge is -2.26. The number of aromatic nitrogens is 3. The molecular weight excluding hydrogens is 420 g/mol. The highest BCUT2D eigenvalue weighted by molar-refractivity contribution is 7.16. The molecule has 0 spiro atoms. The molecule has 2 aromatic heterocycles. The number of thiazole rings is 1. The molecule has 3 rings (SSSR count). The zero-order chi connectivity index (χ0) is 21.8. The van der Waals surface area contributed by atoms with Gasteiger partial charge in [-0.05, 0) is 6.92 Å². The van der Waals surface area contributed by atoms with Crippen LogP contribution in [0.25, 0.3) is 10.3 Å². The number of rotatable bonds is 9. The predicted octanol–water partition coefficient (Wildman–Crippen LogP) is -0.349. The predicted molar refractivity (Wildman–Crippen MR) is 105 cm³/mol. The second kappa shape index (κ2) is 9.76. The third-order valence-corrected chi connectivity index (χ3v) is 5.20. The second-order valence-electron chi connectivity index (χ2n) is 6.55. The summed E-state index contributed by atoms with van der Waals surface area (Å²) in [5.41, 5.74) is 5.96. The number of ether oxygens (including phenoxy) is 5. The van der Waals surface area contributed by atoms with Crippen molar-refractivity contribution >= 4 is 33.6 Å². The average Bonchev–Trinajstić information content (AvgIpc) is 3.16. The Morgan fingerprint density at radius 2 is 2.20 bits per heavy atom. The van der Waals surface area contributed by atoms with Gasteiger partial charge >= 0.3 is 10.8 Å². The van der Waals surface area contributed by atoms with Gasteiger partial charge < -0.3 is 34.5 Å². The third-order valence-electron chi connectivity index (χ3n) is 4.32. The maximum atomic E-state index is 12.7. The number of fused-ring (bicyclic) bond motifs is 1. The SMILES string of the molecule is COCCO[C@@H]1[C@@H](OC(C)O)[C@H](n2c(=O)sc3cnc(N)nc32)O[C@@H]1COC(C)=O. The summed E-state index contributed by atoms with van der Waals surface area (Å²) in [6.07, 6.45) is -3.18. The van der Waals surface area contributed by atoms with Crippen LogP contribution in [0.2, 0.25) is 0 Å². The summed E-state index contributed by atoms with van der Waals surface area (Å²) in [7, 11) is 1.53. The van der Waals surface area contributed by atoms with Crippen LogP contribution in [0.5, 0.6) is 0 Å². The van der Waals surface area contributed by atoms with E-state index >= 15 is 0 Å². The molecule has 12 nitrogen and oxygen atoms in total. The van der Waals surface area contributed by atoms with Gasteiger partial charge in [0.2, 0.25) is 5.95 Å². The minimum Gasteiger partial charge on any atom is -0.463 e. The molecule has 0 amide bonds. The molecule has 0 aliphatic carbocycles. The molecule has 1 fully saturated rings. The average molecular weight is 444 g/mol. The van der Waals surface area contributed by atoms with E-state index in [9.17, 15) is 14.7 Å². The molecule has 1 aliphatic heterocycles. The van der Waals surface area contributed by atoms with E-state index in [2.05, 4.69) is 9.97 Å². The van der Waals surface area contributed by atoms with E-state index in [1.165, 1.54) is 31.7 Å². The number of esters is 1. The molecule has 0 bridgehead atoms. The van der Waals surface area contributed by atoms with Crippen molar-refractivity contribution in [2.24, 2.45) is 0 Å². The molecule has 166 valence electrons. The fourth-order valence-corrected chi connectivity index (χ4v) is 3.98. The van der Waals surface area contributed by atoms with Crippen molar-refractivity contribution in [3.05, 3.63) is 15.9 Å². The number of carbonyl (C=O) groups is 1. The van der Waals surface area contributed by atoms with Gasteiger partial charge in [0.15, 0.2) is 18.2 Å². The van der Waals surface area contributed by atoms with Crippen LogP contribution in [0.4, 0.5) is 5.95 Å². The highest BCUT2D eigenvalue weighted by Crippen LogP contribution is 2.36. The van der Waals surface area contributed by atoms with E-state index in [0.29, 0.717) is 11.3 Å². The quantitative estimate of drug-likeness (QED) is 0.296. The van der Waals surface area contributed by atoms with Crippen LogP contribution in [-0.2, 0) is 28.5 Å². The zero-order valence-electron chi connectivity index (χ0n) is 16.7. The minimum absolute atomic E-state index is 0.00982. The van der Waals surface area contributed by atoms with Gasteiger partial charge in [0.1, 0.15) is 24.9 Å². The Labute approximate surface area is 175 Å². The maximum absolute atomic E-state index is 12.7. The first-order chi connectivity index (χ1) is 14.3. The summed E-state index contributed by atoms with van der Waals surface area (Å²) in [5, 5.41) is 9.87. The highest BCUT2D eigenvalue weighted by atomic mass is 32.1. The van der Waals surface area contributed by atoms with Gasteiger partial charge in [-0.1, -0.05) is 11.3 Å². The molecule has 3 N–H and O–H groups in total. The van der Waals surface area contributed by atoms with Gasteiger partial charge in [0.05, 0.1) is 24.1 Å². The van der Waals surface area contributed by atoms with Crippen LogP contribution in [-0.4, -0.2) is 77.1 Å². The molecule has 13 heteroatoms. The van der Waals surface area contributed by atoms with Crippen LogP contribution >= 0.6 is 11.3 Å². The van der Waals surface area contributed by atoms with Crippen molar-refractivity contribution in [1.82, 2.24) is 14.5 Å². The lowest BCUT2D eigenvalue weighted by molar-refractivity contribution is -0.175. The summed E-state index contributed by atoms with van der Waals surface area (Å²) < 4.78 is 29.4. The summed E-state index contributed by atoms with van der Waals surface area (Å²) in [5.74, 6) is -0.506. The van der Waals surface area contributed by atoms with Gasteiger partial charge in [0, 0.05) is 14.0 Å². The second-order valence-corrected chi connectivity index (χ2v) is 7.54. The zero-order valence-corrected chi connectivity index (χ0v) is 17.5. The first kappa shape index (κ1) is 22.5. The van der Waals surface area contributed by atoms with Gasteiger partial charge in [0.25, 0.3) is 0 Å². The number of anilines is 1. The Hall–Kier alpha value is -2.16. The number of hydrogen-bond donors (Lipinski definition) is 2. The van der Waals surface area contributed by atoms with E-state index in [0.717, 1.165) is 11.3 Å². The number of hydrogen-bond acceptors (Lipinski definition) is 12. The van der Waals surface area contributed by atoms with Crippen molar-refractivity contribution in [2.45, 2.75) is 44.7 Å². The lowest BCUT2D eigenvalue weighted by atomic mass is 10.1. The van der Waals surface area contributed by atoms with Crippen LogP contribution in [0.3, 0.4) is 0 Å². The molecule has 0 radical (unpaired) electrons. The molecule has 30 heavy (non-hydrogen) atoms. The van der Waals surface area contributed by atoms with Crippen LogP contribution in [0.15, 0.2) is 11.0 Å². The summed E-state index contributed by atoms with van der Waals surface area (Å²) in [6.45, 7) is 3.07. The molecular formula is C17H24N4O8S. The van der Waals surface area contributed by atoms with Gasteiger partial charge in [-0.2, -0.15) is 4.98 Å². The Bertz CT molecular complexity index is 932. The Kier molecular flexibility index (Phi) is 7.33. The standard InChI is InChI=1S/C17H24N4O8S/c1-8(22)27-7-10-12(26-5-4-25-3)13(28-9(2)23)15(29-10)21-14-11(30-17(21)24)6-19-16(18)20-14/h6,9-10,12-13,15,23H,4-5,7H2,1-3H3,(H2,18,19,20)/t9?,10-,12+,13-,15-/m1/s1. The van der Waals surface area contributed by atoms with Crippen molar-refractivity contribution in [3.63, 3.8) is 0 Å². The van der Waals surface area contributed by atoms with E-state index in [1.54, 1.807) is 0 Å². The Morgan fingerprint density at radius 1 is 1.43 bits per heavy atom. The van der Waals surface area contributed by atoms with Crippen molar-refractivity contribution in [3.8, 4) is 0 Å². The van der Waals surface area contributed by atoms with Crippen molar-refractivity contribution < 1.29 is 33.6 Å². The number of nitrogens with two attached hydrogens (primary N) is 1. The van der Waals surface area contributed by atoms with Gasteiger partial charge in [-0.25, -0.2) is 4.98 Å². The first-order valence-electron chi connectivity index (χ1n) is 9.18. The fourth-order valence-electron chi connectivity index (χ4n) is 3.16.